The van der Waals surface area contributed by atoms with Crippen molar-refractivity contribution in [2.45, 2.75) is 23.6 Å². The minimum Gasteiger partial charge on any atom is -0.481 e. The predicted molar refractivity (Wildman–Crippen MR) is 141 cm³/mol. The van der Waals surface area contributed by atoms with Crippen LogP contribution in [-0.2, 0) is 22.4 Å². The molecule has 1 amide bonds. The number of halogens is 1. The van der Waals surface area contributed by atoms with Crippen molar-refractivity contribution in [2.24, 2.45) is 7.05 Å². The molecule has 33 heavy (non-hydrogen) atoms. The van der Waals surface area contributed by atoms with Gasteiger partial charge in [-0.25, -0.2) is 0 Å². The van der Waals surface area contributed by atoms with E-state index >= 15 is 0 Å². The fraction of sp³-hybridized carbons (Fsp3) is 0.208. The number of aryl methyl sites for hydroxylation is 1. The van der Waals surface area contributed by atoms with E-state index in [2.05, 4.69) is 16.7 Å². The molecule has 3 aromatic rings. The van der Waals surface area contributed by atoms with Crippen LogP contribution in [0.1, 0.15) is 24.0 Å². The summed E-state index contributed by atoms with van der Waals surface area (Å²) in [6.45, 7) is 0.306. The Bertz CT molecular complexity index is 1290. The molecular weight excluding hydrogens is 496 g/mol. The summed E-state index contributed by atoms with van der Waals surface area (Å²) in [4.78, 5) is 25.9. The van der Waals surface area contributed by atoms with Gasteiger partial charge in [0.1, 0.15) is 4.32 Å². The number of carbonyl (C=O) groups is 2. The Labute approximate surface area is 210 Å². The first-order chi connectivity index (χ1) is 15.8. The first-order valence-corrected chi connectivity index (χ1v) is 12.9. The SMILES string of the molecule is Cn1c(SCc2cccc(Cl)c2)c(/C=C2/SC(=S)N(CCCC(=O)O)C2=O)c2ccccc21. The number of aliphatic carboxylic acids is 1. The topological polar surface area (TPSA) is 62.5 Å². The monoisotopic (exact) mass is 516 g/mol. The van der Waals surface area contributed by atoms with Gasteiger partial charge in [-0.3, -0.25) is 14.5 Å². The maximum Gasteiger partial charge on any atom is 0.303 e. The van der Waals surface area contributed by atoms with Gasteiger partial charge in [-0.05, 0) is 36.3 Å². The molecule has 2 heterocycles. The number of thiocarbonyl (C=S) groups is 1. The van der Waals surface area contributed by atoms with Gasteiger partial charge in [0.2, 0.25) is 0 Å². The number of carboxylic acids is 1. The molecule has 5 nitrogen and oxygen atoms in total. The maximum absolute atomic E-state index is 13.0. The summed E-state index contributed by atoms with van der Waals surface area (Å²) < 4.78 is 2.61. The van der Waals surface area contributed by atoms with Crippen molar-refractivity contribution in [3.05, 3.63) is 69.6 Å². The van der Waals surface area contributed by atoms with Gasteiger partial charge in [0.25, 0.3) is 5.91 Å². The van der Waals surface area contributed by atoms with Crippen molar-refractivity contribution in [2.75, 3.05) is 6.54 Å². The highest BCUT2D eigenvalue weighted by atomic mass is 35.5. The largest absolute Gasteiger partial charge is 0.481 e. The van der Waals surface area contributed by atoms with Crippen LogP contribution in [0.2, 0.25) is 5.02 Å². The number of aromatic nitrogens is 1. The van der Waals surface area contributed by atoms with Crippen LogP contribution in [-0.4, -0.2) is 37.3 Å². The molecule has 0 unspecified atom stereocenters. The number of para-hydroxylation sites is 1. The molecule has 2 aromatic carbocycles. The molecule has 0 aliphatic carbocycles. The molecule has 1 aliphatic rings. The summed E-state index contributed by atoms with van der Waals surface area (Å²) >= 11 is 14.5. The lowest BCUT2D eigenvalue weighted by Gasteiger charge is -2.13. The molecular formula is C24H21ClN2O3S3. The van der Waals surface area contributed by atoms with Crippen LogP contribution in [0.4, 0.5) is 0 Å². The number of carbonyl (C=O) groups excluding carboxylic acids is 1. The van der Waals surface area contributed by atoms with Crippen molar-refractivity contribution < 1.29 is 14.7 Å². The van der Waals surface area contributed by atoms with E-state index in [9.17, 15) is 9.59 Å². The fourth-order valence-electron chi connectivity index (χ4n) is 3.70. The Balaban J connectivity index is 1.66. The van der Waals surface area contributed by atoms with Gasteiger partial charge in [-0.15, -0.1) is 11.8 Å². The van der Waals surface area contributed by atoms with Crippen molar-refractivity contribution >= 4 is 80.5 Å². The van der Waals surface area contributed by atoms with E-state index in [1.54, 1.807) is 11.8 Å². The third kappa shape index (κ3) is 5.30. The van der Waals surface area contributed by atoms with Crippen LogP contribution in [0, 0.1) is 0 Å². The quantitative estimate of drug-likeness (QED) is 0.219. The van der Waals surface area contributed by atoms with Crippen molar-refractivity contribution in [3.63, 3.8) is 0 Å². The average Bonchev–Trinajstić information content (AvgIpc) is 3.20. The van der Waals surface area contributed by atoms with Gasteiger partial charge in [-0.1, -0.05) is 65.9 Å². The highest BCUT2D eigenvalue weighted by molar-refractivity contribution is 8.26. The third-order valence-corrected chi connectivity index (χ3v) is 8.13. The van der Waals surface area contributed by atoms with Crippen LogP contribution in [0.15, 0.2) is 58.5 Å². The number of hydrogen-bond acceptors (Lipinski definition) is 5. The fourth-order valence-corrected chi connectivity index (χ4v) is 6.31. The number of benzene rings is 2. The van der Waals surface area contributed by atoms with Gasteiger partial charge in [0.05, 0.1) is 9.93 Å². The maximum atomic E-state index is 13.0. The summed E-state index contributed by atoms with van der Waals surface area (Å²) in [7, 11) is 2.02. The smallest absolute Gasteiger partial charge is 0.303 e. The van der Waals surface area contributed by atoms with Crippen LogP contribution >= 0.6 is 47.3 Å². The number of fused-ring (bicyclic) bond motifs is 1. The highest BCUT2D eigenvalue weighted by Gasteiger charge is 2.32. The highest BCUT2D eigenvalue weighted by Crippen LogP contribution is 2.39. The van der Waals surface area contributed by atoms with Crippen LogP contribution < -0.4 is 0 Å². The molecule has 0 atom stereocenters. The number of hydrogen-bond donors (Lipinski definition) is 1. The first-order valence-electron chi connectivity index (χ1n) is 10.3. The van der Waals surface area contributed by atoms with E-state index in [0.29, 0.717) is 27.2 Å². The van der Waals surface area contributed by atoms with Crippen molar-refractivity contribution in [1.82, 2.24) is 9.47 Å². The molecule has 9 heteroatoms. The Kier molecular flexibility index (Phi) is 7.48. The van der Waals surface area contributed by atoms with E-state index in [0.717, 1.165) is 32.8 Å². The summed E-state index contributed by atoms with van der Waals surface area (Å²) in [5, 5.41) is 11.7. The summed E-state index contributed by atoms with van der Waals surface area (Å²) in [5.74, 6) is -0.316. The minimum atomic E-state index is -0.881. The number of carboxylic acid groups (broad SMARTS) is 1. The van der Waals surface area contributed by atoms with Gasteiger partial charge >= 0.3 is 5.97 Å². The van der Waals surface area contributed by atoms with E-state index in [4.69, 9.17) is 28.9 Å². The molecule has 170 valence electrons. The summed E-state index contributed by atoms with van der Waals surface area (Å²) in [6, 6.07) is 15.9. The minimum absolute atomic E-state index is 0.00369. The zero-order valence-corrected chi connectivity index (χ0v) is 21.0. The molecule has 0 bridgehead atoms. The lowest BCUT2D eigenvalue weighted by molar-refractivity contribution is -0.137. The number of amides is 1. The molecule has 0 saturated carbocycles. The molecule has 4 rings (SSSR count). The van der Waals surface area contributed by atoms with Crippen molar-refractivity contribution in [1.29, 1.82) is 0 Å². The lowest BCUT2D eigenvalue weighted by atomic mass is 10.1. The number of rotatable bonds is 8. The molecule has 1 aliphatic heterocycles. The Morgan fingerprint density at radius 1 is 1.24 bits per heavy atom. The van der Waals surface area contributed by atoms with Gasteiger partial charge < -0.3 is 9.67 Å². The van der Waals surface area contributed by atoms with E-state index in [-0.39, 0.29) is 12.3 Å². The van der Waals surface area contributed by atoms with Gasteiger partial charge in [0.15, 0.2) is 0 Å². The van der Waals surface area contributed by atoms with Crippen LogP contribution in [0.5, 0.6) is 0 Å². The molecule has 0 spiro atoms. The van der Waals surface area contributed by atoms with E-state index in [1.807, 2.05) is 49.5 Å². The second-order valence-corrected chi connectivity index (χ2v) is 10.6. The average molecular weight is 517 g/mol. The number of nitrogens with zero attached hydrogens (tertiary/aromatic N) is 2. The molecule has 1 aromatic heterocycles. The Morgan fingerprint density at radius 2 is 2.03 bits per heavy atom. The Hall–Kier alpha value is -2.26. The third-order valence-electron chi connectivity index (χ3n) is 5.28. The first kappa shape index (κ1) is 23.9. The Morgan fingerprint density at radius 3 is 2.79 bits per heavy atom. The van der Waals surface area contributed by atoms with Crippen LogP contribution in [0.3, 0.4) is 0 Å². The van der Waals surface area contributed by atoms with Crippen molar-refractivity contribution in [3.8, 4) is 0 Å². The van der Waals surface area contributed by atoms with E-state index in [1.165, 1.54) is 16.7 Å². The molecule has 1 N–H and O–H groups in total. The van der Waals surface area contributed by atoms with Crippen LogP contribution in [0.25, 0.3) is 17.0 Å². The summed E-state index contributed by atoms with van der Waals surface area (Å²) in [6.07, 6.45) is 2.28. The normalized spacial score (nSPS) is 15.2. The van der Waals surface area contributed by atoms with E-state index < -0.39 is 5.97 Å². The summed E-state index contributed by atoms with van der Waals surface area (Å²) in [5.41, 5.74) is 3.17. The lowest BCUT2D eigenvalue weighted by Crippen LogP contribution is -2.29. The second-order valence-electron chi connectivity index (χ2n) is 7.54. The van der Waals surface area contributed by atoms with Gasteiger partial charge in [0, 0.05) is 47.3 Å². The van der Waals surface area contributed by atoms with Gasteiger partial charge in [-0.2, -0.15) is 0 Å². The predicted octanol–water partition coefficient (Wildman–Crippen LogP) is 6.19. The standard InChI is InChI=1S/C24H21ClN2O3S3/c1-26-19-9-3-2-8-17(19)18(23(26)32-14-15-6-4-7-16(25)12-15)13-20-22(30)27(24(31)33-20)11-5-10-21(28)29/h2-4,6-9,12-13H,5,10-11,14H2,1H3,(H,28,29)/b20-13+. The molecule has 1 saturated heterocycles. The molecule has 0 radical (unpaired) electrons. The zero-order chi connectivity index (χ0) is 23.5. The molecule has 1 fully saturated rings. The number of thioether (sulfide) groups is 2. The zero-order valence-electron chi connectivity index (χ0n) is 17.8. The second kappa shape index (κ2) is 10.3.